The molecule has 10 heteroatoms. The molecule has 1 amide bonds. The lowest BCUT2D eigenvalue weighted by atomic mass is 9.83. The number of halogens is 4. The number of aliphatic hydroxyl groups is 1. The summed E-state index contributed by atoms with van der Waals surface area (Å²) < 4.78 is 62.3. The van der Waals surface area contributed by atoms with Gasteiger partial charge in [0.15, 0.2) is 0 Å². The molecule has 2 rings (SSSR count). The van der Waals surface area contributed by atoms with Gasteiger partial charge >= 0.3 is 12.3 Å². The highest BCUT2D eigenvalue weighted by atomic mass is 19.4. The van der Waals surface area contributed by atoms with Gasteiger partial charge < -0.3 is 19.5 Å². The first-order valence-corrected chi connectivity index (χ1v) is 9.45. The van der Waals surface area contributed by atoms with E-state index in [9.17, 15) is 22.4 Å². The van der Waals surface area contributed by atoms with Crippen molar-refractivity contribution < 1.29 is 36.9 Å². The molecule has 2 fully saturated rings. The van der Waals surface area contributed by atoms with E-state index >= 15 is 0 Å². The molecule has 2 aliphatic heterocycles. The summed E-state index contributed by atoms with van der Waals surface area (Å²) in [5.74, 6) is -0.846. The fraction of sp³-hybridized carbons (Fsp3) is 0.600. The number of hydrogen-bond acceptors (Lipinski definition) is 5. The van der Waals surface area contributed by atoms with Crippen molar-refractivity contribution in [1.29, 1.82) is 5.26 Å². The molecule has 1 spiro atoms. The summed E-state index contributed by atoms with van der Waals surface area (Å²) in [6, 6.07) is 1.76. The fourth-order valence-corrected chi connectivity index (χ4v) is 3.55. The molecule has 30 heavy (non-hydrogen) atoms. The van der Waals surface area contributed by atoms with Gasteiger partial charge in [-0.25, -0.2) is 9.18 Å². The van der Waals surface area contributed by atoms with Crippen molar-refractivity contribution in [3.63, 3.8) is 0 Å². The summed E-state index contributed by atoms with van der Waals surface area (Å²) in [5.41, 5.74) is -0.179. The van der Waals surface area contributed by atoms with Crippen molar-refractivity contribution in [2.75, 3.05) is 26.3 Å². The summed E-state index contributed by atoms with van der Waals surface area (Å²) in [7, 11) is 0. The Bertz CT molecular complexity index is 762. The summed E-state index contributed by atoms with van der Waals surface area (Å²) >= 11 is 0. The molecule has 166 valence electrons. The Morgan fingerprint density at radius 3 is 2.60 bits per heavy atom. The molecule has 0 bridgehead atoms. The first-order valence-electron chi connectivity index (χ1n) is 9.45. The van der Waals surface area contributed by atoms with Gasteiger partial charge in [-0.05, 0) is 37.8 Å². The second-order valence-electron chi connectivity index (χ2n) is 7.36. The zero-order valence-electron chi connectivity index (χ0n) is 16.5. The van der Waals surface area contributed by atoms with Gasteiger partial charge in [-0.15, -0.1) is 0 Å². The molecule has 0 aromatic heterocycles. The van der Waals surface area contributed by atoms with Crippen LogP contribution in [0.5, 0.6) is 0 Å². The van der Waals surface area contributed by atoms with Crippen LogP contribution < -0.4 is 0 Å². The van der Waals surface area contributed by atoms with Crippen LogP contribution in [0, 0.1) is 17.2 Å². The first-order chi connectivity index (χ1) is 14.0. The van der Waals surface area contributed by atoms with Crippen LogP contribution in [0.1, 0.15) is 26.2 Å². The molecule has 1 N–H and O–H groups in total. The largest absolute Gasteiger partial charge is 0.434 e. The number of carbonyl (C=O) groups excluding carboxylic acids is 1. The molecule has 6 nitrogen and oxygen atoms in total. The zero-order chi connectivity index (χ0) is 22.5. The average Bonchev–Trinajstić information content (AvgIpc) is 3.10. The number of amides is 1. The minimum Gasteiger partial charge on any atom is -0.434 e. The van der Waals surface area contributed by atoms with Gasteiger partial charge in [0.1, 0.15) is 11.9 Å². The minimum atomic E-state index is -4.84. The number of nitrogens with zero attached hydrogens (tertiary/aromatic N) is 2. The molecular formula is C20H24F4N2O4. The number of piperidine rings is 1. The number of rotatable bonds is 5. The maximum atomic E-state index is 14.1. The van der Waals surface area contributed by atoms with Crippen LogP contribution in [-0.2, 0) is 9.47 Å². The topological polar surface area (TPSA) is 82.8 Å². The number of allylic oxidation sites excluding steroid dienone is 4. The van der Waals surface area contributed by atoms with Gasteiger partial charge in [-0.3, -0.25) is 0 Å². The third-order valence-electron chi connectivity index (χ3n) is 5.42. The van der Waals surface area contributed by atoms with Crippen molar-refractivity contribution in [3.05, 3.63) is 35.7 Å². The standard InChI is InChI=1S/C20H24F4N2O4/c1-3-14(10-25)16(21)8-13(2)15-9-19(29-12-15)4-6-26(7-5-19)18(28)30-17(11-27)20(22,23)24/h3,8,15,17,27H,2,4-7,9,11-12H2,1H3/b14-3-,16-8+/t15-,17-/m1/s1. The molecule has 2 aliphatic rings. The van der Waals surface area contributed by atoms with Crippen LogP contribution >= 0.6 is 0 Å². The second-order valence-corrected chi connectivity index (χ2v) is 7.36. The summed E-state index contributed by atoms with van der Waals surface area (Å²) in [6.45, 7) is 4.64. The van der Waals surface area contributed by atoms with Crippen LogP contribution in [0.2, 0.25) is 0 Å². The summed E-state index contributed by atoms with van der Waals surface area (Å²) in [5, 5.41) is 17.7. The van der Waals surface area contributed by atoms with Crippen molar-refractivity contribution >= 4 is 6.09 Å². The Hall–Kier alpha value is -2.38. The number of nitriles is 1. The zero-order valence-corrected chi connectivity index (χ0v) is 16.5. The smallest absolute Gasteiger partial charge is 0.427 e. The summed E-state index contributed by atoms with van der Waals surface area (Å²) in [4.78, 5) is 13.1. The number of hydrogen-bond donors (Lipinski definition) is 1. The SMILES string of the molecule is C=C(/C=C(F)\C(C#N)=C/C)[C@H]1COC2(CCN(C(=O)O[C@H](CO)C(F)(F)F)CC2)C1. The Morgan fingerprint density at radius 1 is 1.47 bits per heavy atom. The molecule has 0 aromatic carbocycles. The van der Waals surface area contributed by atoms with E-state index in [1.54, 1.807) is 13.0 Å². The Morgan fingerprint density at radius 2 is 2.10 bits per heavy atom. The van der Waals surface area contributed by atoms with Gasteiger partial charge in [0.05, 0.1) is 24.4 Å². The van der Waals surface area contributed by atoms with Crippen LogP contribution in [0.3, 0.4) is 0 Å². The van der Waals surface area contributed by atoms with Crippen LogP contribution in [0.4, 0.5) is 22.4 Å². The maximum Gasteiger partial charge on any atom is 0.427 e. The monoisotopic (exact) mass is 432 g/mol. The maximum absolute atomic E-state index is 14.1. The lowest BCUT2D eigenvalue weighted by Crippen LogP contribution is -2.49. The lowest BCUT2D eigenvalue weighted by Gasteiger charge is -2.38. The number of ether oxygens (including phenoxy) is 2. The lowest BCUT2D eigenvalue weighted by molar-refractivity contribution is -0.215. The predicted octanol–water partition coefficient (Wildman–Crippen LogP) is 3.80. The number of aliphatic hydroxyl groups excluding tert-OH is 1. The van der Waals surface area contributed by atoms with Gasteiger partial charge in [-0.2, -0.15) is 18.4 Å². The van der Waals surface area contributed by atoms with Crippen molar-refractivity contribution in [3.8, 4) is 6.07 Å². The van der Waals surface area contributed by atoms with E-state index < -0.39 is 36.4 Å². The highest BCUT2D eigenvalue weighted by Gasteiger charge is 2.46. The molecule has 0 unspecified atom stereocenters. The third-order valence-corrected chi connectivity index (χ3v) is 5.42. The van der Waals surface area contributed by atoms with Gasteiger partial charge in [0.2, 0.25) is 6.10 Å². The molecule has 0 saturated carbocycles. The molecule has 0 radical (unpaired) electrons. The van der Waals surface area contributed by atoms with Crippen molar-refractivity contribution in [2.45, 2.75) is 44.1 Å². The second kappa shape index (κ2) is 9.62. The molecule has 2 saturated heterocycles. The van der Waals surface area contributed by atoms with Gasteiger partial charge in [0, 0.05) is 19.0 Å². The van der Waals surface area contributed by atoms with E-state index in [2.05, 4.69) is 11.3 Å². The molecule has 0 aliphatic carbocycles. The van der Waals surface area contributed by atoms with Crippen LogP contribution in [0.15, 0.2) is 35.7 Å². The molecular weight excluding hydrogens is 408 g/mol. The average molecular weight is 432 g/mol. The first kappa shape index (κ1) is 23.9. The molecule has 2 heterocycles. The van der Waals surface area contributed by atoms with E-state index in [0.717, 1.165) is 4.90 Å². The van der Waals surface area contributed by atoms with Crippen molar-refractivity contribution in [2.24, 2.45) is 5.92 Å². The highest BCUT2D eigenvalue weighted by molar-refractivity contribution is 5.68. The minimum absolute atomic E-state index is 0.0864. The predicted molar refractivity (Wildman–Crippen MR) is 98.7 cm³/mol. The van der Waals surface area contributed by atoms with Crippen molar-refractivity contribution in [1.82, 2.24) is 4.90 Å². The third kappa shape index (κ3) is 5.61. The molecule has 0 aromatic rings. The summed E-state index contributed by atoms with van der Waals surface area (Å²) in [6.07, 6.45) is -4.68. The van der Waals surface area contributed by atoms with Gasteiger partial charge in [0.25, 0.3) is 0 Å². The number of likely N-dealkylation sites (tertiary alicyclic amines) is 1. The van der Waals surface area contributed by atoms with E-state index in [1.165, 1.54) is 12.2 Å². The number of carbonyl (C=O) groups is 1. The Balaban J connectivity index is 1.92. The normalized spacial score (nSPS) is 23.2. The fourth-order valence-electron chi connectivity index (χ4n) is 3.55. The van der Waals surface area contributed by atoms with Gasteiger partial charge in [-0.1, -0.05) is 12.7 Å². The quantitative estimate of drug-likeness (QED) is 0.406. The van der Waals surface area contributed by atoms with Crippen LogP contribution in [-0.4, -0.2) is 60.3 Å². The van der Waals surface area contributed by atoms with E-state index in [-0.39, 0.29) is 24.6 Å². The van der Waals surface area contributed by atoms with Crippen LogP contribution in [0.25, 0.3) is 0 Å². The molecule has 2 atom stereocenters. The Labute approximate surface area is 172 Å². The number of alkyl halides is 3. The highest BCUT2D eigenvalue weighted by Crippen LogP contribution is 2.41. The van der Waals surface area contributed by atoms with E-state index in [1.807, 2.05) is 0 Å². The van der Waals surface area contributed by atoms with E-state index in [4.69, 9.17) is 15.1 Å². The Kier molecular flexibility index (Phi) is 7.66. The van der Waals surface area contributed by atoms with E-state index in [0.29, 0.717) is 31.4 Å².